The monoisotopic (exact) mass is 166 g/mol. The van der Waals surface area contributed by atoms with E-state index in [1.165, 1.54) is 25.9 Å². The second-order valence-electron chi connectivity index (χ2n) is 4.76. The third-order valence-electron chi connectivity index (χ3n) is 4.60. The first-order valence-corrected chi connectivity index (χ1v) is 5.23. The zero-order chi connectivity index (χ0) is 8.34. The first-order valence-electron chi connectivity index (χ1n) is 5.23. The lowest BCUT2D eigenvalue weighted by molar-refractivity contribution is -0.0757. The fourth-order valence-corrected chi connectivity index (χ4v) is 3.97. The summed E-state index contributed by atoms with van der Waals surface area (Å²) in [5.74, 6) is 2.05. The van der Waals surface area contributed by atoms with Crippen LogP contribution >= 0.6 is 0 Å². The van der Waals surface area contributed by atoms with Crippen LogP contribution < -0.4 is 5.32 Å². The molecule has 0 aromatic heterocycles. The number of hydrogen-bond acceptors (Lipinski definition) is 2. The molecule has 1 N–H and O–H groups in total. The van der Waals surface area contributed by atoms with Crippen LogP contribution in [0.3, 0.4) is 0 Å². The predicted molar refractivity (Wildman–Crippen MR) is 49.0 cm³/mol. The summed E-state index contributed by atoms with van der Waals surface area (Å²) in [6.07, 6.45) is 2.86. The minimum atomic E-state index is 0.596. The number of likely N-dealkylation sites (tertiary alicyclic amines) is 1. The molecule has 0 radical (unpaired) electrons. The Balaban J connectivity index is 1.80. The van der Waals surface area contributed by atoms with Crippen LogP contribution in [0.2, 0.25) is 0 Å². The molecule has 0 aromatic carbocycles. The Morgan fingerprint density at radius 3 is 3.00 bits per heavy atom. The zero-order valence-electron chi connectivity index (χ0n) is 8.01. The Labute approximate surface area is 74.3 Å². The Kier molecular flexibility index (Phi) is 1.25. The van der Waals surface area contributed by atoms with Crippen LogP contribution in [0.4, 0.5) is 0 Å². The van der Waals surface area contributed by atoms with Crippen molar-refractivity contribution < 1.29 is 0 Å². The normalized spacial score (nSPS) is 56.0. The molecule has 3 rings (SSSR count). The van der Waals surface area contributed by atoms with Gasteiger partial charge in [0.2, 0.25) is 0 Å². The van der Waals surface area contributed by atoms with Crippen molar-refractivity contribution in [2.45, 2.75) is 31.3 Å². The molecule has 2 nitrogen and oxygen atoms in total. The van der Waals surface area contributed by atoms with E-state index in [0.717, 1.165) is 17.9 Å². The van der Waals surface area contributed by atoms with Gasteiger partial charge in [0.05, 0.1) is 0 Å². The molecule has 4 unspecified atom stereocenters. The van der Waals surface area contributed by atoms with Gasteiger partial charge >= 0.3 is 0 Å². The van der Waals surface area contributed by atoms with Crippen LogP contribution in [0.1, 0.15) is 19.8 Å². The van der Waals surface area contributed by atoms with E-state index in [-0.39, 0.29) is 0 Å². The molecule has 0 bridgehead atoms. The van der Waals surface area contributed by atoms with E-state index in [9.17, 15) is 0 Å². The number of nitrogens with zero attached hydrogens (tertiary/aromatic N) is 1. The van der Waals surface area contributed by atoms with Crippen molar-refractivity contribution >= 4 is 0 Å². The summed E-state index contributed by atoms with van der Waals surface area (Å²) in [5, 5.41) is 3.53. The lowest BCUT2D eigenvalue weighted by Crippen LogP contribution is -2.73. The molecule has 2 saturated carbocycles. The zero-order valence-corrected chi connectivity index (χ0v) is 8.01. The molecule has 68 valence electrons. The van der Waals surface area contributed by atoms with E-state index in [0.29, 0.717) is 5.54 Å². The van der Waals surface area contributed by atoms with Gasteiger partial charge in [0, 0.05) is 18.1 Å². The van der Waals surface area contributed by atoms with Crippen molar-refractivity contribution in [3.05, 3.63) is 0 Å². The average molecular weight is 166 g/mol. The fourth-order valence-electron chi connectivity index (χ4n) is 3.97. The van der Waals surface area contributed by atoms with Gasteiger partial charge in [0.1, 0.15) is 0 Å². The second kappa shape index (κ2) is 2.05. The van der Waals surface area contributed by atoms with Crippen molar-refractivity contribution in [1.82, 2.24) is 10.2 Å². The van der Waals surface area contributed by atoms with Gasteiger partial charge in [-0.25, -0.2) is 0 Å². The predicted octanol–water partition coefficient (Wildman–Crippen LogP) is 0.688. The van der Waals surface area contributed by atoms with Gasteiger partial charge < -0.3 is 5.32 Å². The summed E-state index contributed by atoms with van der Waals surface area (Å²) in [6, 6.07) is 0.946. The largest absolute Gasteiger partial charge is 0.314 e. The Morgan fingerprint density at radius 1 is 1.50 bits per heavy atom. The molecule has 1 heterocycles. The summed E-state index contributed by atoms with van der Waals surface area (Å²) >= 11 is 0. The smallest absolute Gasteiger partial charge is 0.0242 e. The SMILES string of the molecule is CCN1CC2CC3(NC)CC1C23. The molecule has 2 heteroatoms. The highest BCUT2D eigenvalue weighted by Crippen LogP contribution is 2.62. The summed E-state index contributed by atoms with van der Waals surface area (Å²) in [6.45, 7) is 4.94. The van der Waals surface area contributed by atoms with E-state index in [1.807, 2.05) is 0 Å². The Hall–Kier alpha value is -0.0800. The van der Waals surface area contributed by atoms with Crippen LogP contribution in [0.15, 0.2) is 0 Å². The molecule has 0 aromatic rings. The molecule has 1 saturated heterocycles. The summed E-state index contributed by atoms with van der Waals surface area (Å²) in [4.78, 5) is 2.68. The van der Waals surface area contributed by atoms with E-state index in [2.05, 4.69) is 24.2 Å². The van der Waals surface area contributed by atoms with Crippen LogP contribution in [0, 0.1) is 11.8 Å². The highest BCUT2D eigenvalue weighted by atomic mass is 15.3. The molecule has 3 fully saturated rings. The molecule has 0 amide bonds. The van der Waals surface area contributed by atoms with E-state index < -0.39 is 0 Å². The topological polar surface area (TPSA) is 15.3 Å². The van der Waals surface area contributed by atoms with Crippen molar-refractivity contribution in [1.29, 1.82) is 0 Å². The lowest BCUT2D eigenvalue weighted by atomic mass is 9.47. The fraction of sp³-hybridized carbons (Fsp3) is 1.00. The molecule has 0 spiro atoms. The maximum Gasteiger partial charge on any atom is 0.0242 e. The first-order chi connectivity index (χ1) is 5.80. The van der Waals surface area contributed by atoms with Crippen molar-refractivity contribution in [2.75, 3.05) is 20.1 Å². The Morgan fingerprint density at radius 2 is 2.33 bits per heavy atom. The first kappa shape index (κ1) is 7.34. The molecule has 4 atom stereocenters. The van der Waals surface area contributed by atoms with Gasteiger partial charge in [-0.2, -0.15) is 0 Å². The summed E-state index contributed by atoms with van der Waals surface area (Å²) in [5.41, 5.74) is 0.596. The van der Waals surface area contributed by atoms with Crippen LogP contribution in [-0.4, -0.2) is 36.6 Å². The molecular formula is C10H18N2. The van der Waals surface area contributed by atoms with Gasteiger partial charge in [-0.15, -0.1) is 0 Å². The number of rotatable bonds is 2. The van der Waals surface area contributed by atoms with Crippen molar-refractivity contribution in [3.63, 3.8) is 0 Å². The van der Waals surface area contributed by atoms with E-state index >= 15 is 0 Å². The quantitative estimate of drug-likeness (QED) is 0.649. The lowest BCUT2D eigenvalue weighted by Gasteiger charge is -2.63. The standard InChI is InChI=1S/C10H18N2/c1-3-12-6-7-4-10(11-2)5-8(12)9(7)10/h7-9,11H,3-6H2,1-2H3. The minimum absolute atomic E-state index is 0.596. The maximum absolute atomic E-state index is 3.53. The van der Waals surface area contributed by atoms with Gasteiger partial charge in [-0.1, -0.05) is 6.92 Å². The molecule has 2 aliphatic carbocycles. The average Bonchev–Trinajstić information content (AvgIpc) is 2.20. The van der Waals surface area contributed by atoms with Crippen LogP contribution in [0.5, 0.6) is 0 Å². The summed E-state index contributed by atoms with van der Waals surface area (Å²) < 4.78 is 0. The van der Waals surface area contributed by atoms with E-state index in [1.54, 1.807) is 0 Å². The maximum atomic E-state index is 3.53. The van der Waals surface area contributed by atoms with Crippen LogP contribution in [-0.2, 0) is 0 Å². The second-order valence-corrected chi connectivity index (χ2v) is 4.76. The van der Waals surface area contributed by atoms with Crippen molar-refractivity contribution in [2.24, 2.45) is 11.8 Å². The van der Waals surface area contributed by atoms with Gasteiger partial charge in [0.25, 0.3) is 0 Å². The molecule has 3 aliphatic rings. The van der Waals surface area contributed by atoms with Gasteiger partial charge in [0.15, 0.2) is 0 Å². The highest BCUT2D eigenvalue weighted by molar-refractivity contribution is 5.25. The number of nitrogens with one attached hydrogen (secondary N) is 1. The molecular weight excluding hydrogens is 148 g/mol. The van der Waals surface area contributed by atoms with Crippen LogP contribution in [0.25, 0.3) is 0 Å². The number of hydrogen-bond donors (Lipinski definition) is 1. The van der Waals surface area contributed by atoms with Gasteiger partial charge in [-0.05, 0) is 38.3 Å². The molecule has 12 heavy (non-hydrogen) atoms. The van der Waals surface area contributed by atoms with Crippen molar-refractivity contribution in [3.8, 4) is 0 Å². The van der Waals surface area contributed by atoms with E-state index in [4.69, 9.17) is 0 Å². The third-order valence-corrected chi connectivity index (χ3v) is 4.60. The third kappa shape index (κ3) is 0.579. The van der Waals surface area contributed by atoms with Gasteiger partial charge in [-0.3, -0.25) is 4.90 Å². The summed E-state index contributed by atoms with van der Waals surface area (Å²) in [7, 11) is 2.14. The molecule has 1 aliphatic heterocycles. The minimum Gasteiger partial charge on any atom is -0.314 e. The highest BCUT2D eigenvalue weighted by Gasteiger charge is 2.69. The Bertz CT molecular complexity index is 214.